The van der Waals surface area contributed by atoms with Gasteiger partial charge in [0.25, 0.3) is 12.3 Å². The molecule has 0 fully saturated rings. The van der Waals surface area contributed by atoms with Crippen molar-refractivity contribution in [2.45, 2.75) is 6.43 Å². The Morgan fingerprint density at radius 2 is 2.40 bits per heavy atom. The molecule has 1 aromatic heterocycles. The normalized spacial score (nSPS) is 10.7. The molecule has 5 nitrogen and oxygen atoms in total. The van der Waals surface area contributed by atoms with E-state index >= 15 is 0 Å². The maximum Gasteiger partial charge on any atom is 0.272 e. The van der Waals surface area contributed by atoms with Gasteiger partial charge in [-0.25, -0.2) is 8.78 Å². The lowest BCUT2D eigenvalue weighted by Gasteiger charge is -2.20. The Morgan fingerprint density at radius 3 is 2.87 bits per heavy atom. The summed E-state index contributed by atoms with van der Waals surface area (Å²) < 4.78 is 24.3. The highest BCUT2D eigenvalue weighted by molar-refractivity contribution is 5.92. The van der Waals surface area contributed by atoms with Gasteiger partial charge in [-0.1, -0.05) is 0 Å². The van der Waals surface area contributed by atoms with Crippen LogP contribution in [0.15, 0.2) is 12.3 Å². The van der Waals surface area contributed by atoms with Crippen molar-refractivity contribution in [1.82, 2.24) is 15.1 Å². The van der Waals surface area contributed by atoms with Gasteiger partial charge < -0.3 is 10.6 Å². The molecule has 1 heterocycles. The van der Waals surface area contributed by atoms with Crippen molar-refractivity contribution in [1.29, 1.82) is 0 Å². The third-order valence-corrected chi connectivity index (χ3v) is 1.78. The Bertz CT molecular complexity index is 302. The van der Waals surface area contributed by atoms with Crippen molar-refractivity contribution in [2.75, 3.05) is 19.6 Å². The number of nitrogens with zero attached hydrogens (tertiary/aromatic N) is 2. The van der Waals surface area contributed by atoms with Gasteiger partial charge in [0.15, 0.2) is 0 Å². The van der Waals surface area contributed by atoms with Gasteiger partial charge in [0.05, 0.1) is 6.54 Å². The molecule has 0 bridgehead atoms. The van der Waals surface area contributed by atoms with Crippen molar-refractivity contribution in [2.24, 2.45) is 5.73 Å². The second-order valence-corrected chi connectivity index (χ2v) is 2.90. The molecule has 0 saturated heterocycles. The van der Waals surface area contributed by atoms with Gasteiger partial charge in [-0.3, -0.25) is 9.89 Å². The summed E-state index contributed by atoms with van der Waals surface area (Å²) in [5, 5.41) is 6.00. The summed E-state index contributed by atoms with van der Waals surface area (Å²) in [5.41, 5.74) is 5.42. The highest BCUT2D eigenvalue weighted by Gasteiger charge is 2.19. The van der Waals surface area contributed by atoms with Crippen molar-refractivity contribution in [3.8, 4) is 0 Å². The molecule has 0 atom stereocenters. The summed E-state index contributed by atoms with van der Waals surface area (Å²) in [6.45, 7) is -0.371. The van der Waals surface area contributed by atoms with Crippen molar-refractivity contribution in [3.05, 3.63) is 18.0 Å². The summed E-state index contributed by atoms with van der Waals surface area (Å²) >= 11 is 0. The average molecular weight is 218 g/mol. The predicted octanol–water partition coefficient (Wildman–Crippen LogP) is 0.0757. The number of carbonyl (C=O) groups excluding carboxylic acids is 1. The fourth-order valence-electron chi connectivity index (χ4n) is 1.14. The van der Waals surface area contributed by atoms with Crippen LogP contribution in [0.3, 0.4) is 0 Å². The van der Waals surface area contributed by atoms with Crippen LogP contribution in [0.5, 0.6) is 0 Å². The Morgan fingerprint density at radius 1 is 1.67 bits per heavy atom. The minimum atomic E-state index is -2.57. The number of hydrogen-bond donors (Lipinski definition) is 2. The molecule has 15 heavy (non-hydrogen) atoms. The number of halogens is 2. The molecule has 0 aliphatic heterocycles. The molecule has 0 spiro atoms. The summed E-state index contributed by atoms with van der Waals surface area (Å²) in [5.74, 6) is -0.516. The monoisotopic (exact) mass is 218 g/mol. The van der Waals surface area contributed by atoms with E-state index in [1.807, 2.05) is 0 Å². The van der Waals surface area contributed by atoms with Crippen molar-refractivity contribution < 1.29 is 13.6 Å². The summed E-state index contributed by atoms with van der Waals surface area (Å²) in [4.78, 5) is 12.6. The van der Waals surface area contributed by atoms with Crippen LogP contribution in [-0.4, -0.2) is 47.1 Å². The first-order chi connectivity index (χ1) is 7.15. The van der Waals surface area contributed by atoms with E-state index in [0.717, 1.165) is 4.90 Å². The van der Waals surface area contributed by atoms with E-state index in [4.69, 9.17) is 5.73 Å². The number of aromatic nitrogens is 2. The Hall–Kier alpha value is -1.50. The Labute approximate surface area is 85.2 Å². The van der Waals surface area contributed by atoms with Gasteiger partial charge in [-0.15, -0.1) is 0 Å². The fraction of sp³-hybridized carbons (Fsp3) is 0.500. The number of H-pyrrole nitrogens is 1. The number of rotatable bonds is 5. The van der Waals surface area contributed by atoms with Crippen LogP contribution in [0.4, 0.5) is 8.78 Å². The lowest BCUT2D eigenvalue weighted by atomic mass is 10.3. The number of alkyl halides is 2. The van der Waals surface area contributed by atoms with Crippen LogP contribution < -0.4 is 5.73 Å². The molecule has 0 saturated carbocycles. The van der Waals surface area contributed by atoms with Crippen LogP contribution in [0, 0.1) is 0 Å². The zero-order valence-electron chi connectivity index (χ0n) is 7.99. The van der Waals surface area contributed by atoms with Crippen LogP contribution in [0.1, 0.15) is 10.5 Å². The van der Waals surface area contributed by atoms with Gasteiger partial charge in [0, 0.05) is 19.3 Å². The first-order valence-electron chi connectivity index (χ1n) is 4.42. The van der Waals surface area contributed by atoms with Crippen LogP contribution in [0.2, 0.25) is 0 Å². The molecule has 7 heteroatoms. The topological polar surface area (TPSA) is 75.0 Å². The standard InChI is InChI=1S/C8H12F2N4O/c9-7(10)5-14(4-2-11)8(15)6-1-3-12-13-6/h1,3,7H,2,4-5,11H2,(H,12,13). The number of nitrogens with one attached hydrogen (secondary N) is 1. The lowest BCUT2D eigenvalue weighted by molar-refractivity contribution is 0.0558. The van der Waals surface area contributed by atoms with Crippen molar-refractivity contribution in [3.63, 3.8) is 0 Å². The molecular weight excluding hydrogens is 206 g/mol. The van der Waals surface area contributed by atoms with E-state index in [1.54, 1.807) is 0 Å². The van der Waals surface area contributed by atoms with E-state index < -0.39 is 18.9 Å². The third kappa shape index (κ3) is 3.28. The fourth-order valence-corrected chi connectivity index (χ4v) is 1.14. The lowest BCUT2D eigenvalue weighted by Crippen LogP contribution is -2.38. The zero-order valence-corrected chi connectivity index (χ0v) is 7.99. The predicted molar refractivity (Wildman–Crippen MR) is 49.5 cm³/mol. The molecule has 3 N–H and O–H groups in total. The first kappa shape index (κ1) is 11.6. The second kappa shape index (κ2) is 5.40. The van der Waals surface area contributed by atoms with Crippen LogP contribution in [-0.2, 0) is 0 Å². The molecule has 0 aliphatic rings. The summed E-state index contributed by atoms with van der Waals surface area (Å²) in [6, 6.07) is 1.43. The minimum absolute atomic E-state index is 0.0994. The largest absolute Gasteiger partial charge is 0.330 e. The second-order valence-electron chi connectivity index (χ2n) is 2.90. The number of nitrogens with two attached hydrogens (primary N) is 1. The van der Waals surface area contributed by atoms with E-state index in [0.29, 0.717) is 0 Å². The maximum atomic E-state index is 12.1. The Balaban J connectivity index is 2.67. The summed E-state index contributed by atoms with van der Waals surface area (Å²) in [6.07, 6.45) is -1.18. The van der Waals surface area contributed by atoms with Crippen LogP contribution in [0.25, 0.3) is 0 Å². The minimum Gasteiger partial charge on any atom is -0.330 e. The third-order valence-electron chi connectivity index (χ3n) is 1.78. The van der Waals surface area contributed by atoms with E-state index in [9.17, 15) is 13.6 Å². The van der Waals surface area contributed by atoms with Gasteiger partial charge in [0.2, 0.25) is 0 Å². The van der Waals surface area contributed by atoms with Crippen LogP contribution >= 0.6 is 0 Å². The molecule has 84 valence electrons. The molecule has 0 aromatic carbocycles. The highest BCUT2D eigenvalue weighted by atomic mass is 19.3. The smallest absolute Gasteiger partial charge is 0.272 e. The number of hydrogen-bond acceptors (Lipinski definition) is 3. The quantitative estimate of drug-likeness (QED) is 0.734. The maximum absolute atomic E-state index is 12.1. The highest BCUT2D eigenvalue weighted by Crippen LogP contribution is 2.04. The average Bonchev–Trinajstić information content (AvgIpc) is 2.68. The molecule has 0 radical (unpaired) electrons. The van der Waals surface area contributed by atoms with Gasteiger partial charge in [-0.2, -0.15) is 5.10 Å². The first-order valence-corrected chi connectivity index (χ1v) is 4.42. The molecule has 0 aliphatic carbocycles. The zero-order chi connectivity index (χ0) is 11.3. The number of carbonyl (C=O) groups is 1. The van der Waals surface area contributed by atoms with Gasteiger partial charge >= 0.3 is 0 Å². The molecule has 0 unspecified atom stereocenters. The van der Waals surface area contributed by atoms with Gasteiger partial charge in [0.1, 0.15) is 5.69 Å². The molecular formula is C8H12F2N4O. The van der Waals surface area contributed by atoms with Gasteiger partial charge in [-0.05, 0) is 6.07 Å². The molecule has 1 aromatic rings. The summed E-state index contributed by atoms with van der Waals surface area (Å²) in [7, 11) is 0. The van der Waals surface area contributed by atoms with E-state index in [-0.39, 0.29) is 18.8 Å². The molecule has 1 rings (SSSR count). The SMILES string of the molecule is NCCN(CC(F)F)C(=O)c1ccn[nH]1. The van der Waals surface area contributed by atoms with Crippen molar-refractivity contribution >= 4 is 5.91 Å². The Kier molecular flexibility index (Phi) is 4.17. The van der Waals surface area contributed by atoms with E-state index in [1.165, 1.54) is 12.3 Å². The number of amides is 1. The number of aromatic amines is 1. The molecule has 1 amide bonds. The van der Waals surface area contributed by atoms with E-state index in [2.05, 4.69) is 10.2 Å².